The minimum atomic E-state index is -1.76. The monoisotopic (exact) mass is 534 g/mol. The summed E-state index contributed by atoms with van der Waals surface area (Å²) in [5.41, 5.74) is 1.41. The first-order valence-electron chi connectivity index (χ1n) is 10.1. The van der Waals surface area contributed by atoms with Crippen LogP contribution in [0.2, 0.25) is 19.6 Å². The maximum atomic E-state index is 5.89. The smallest absolute Gasteiger partial charge is 0.183 e. The van der Waals surface area contributed by atoms with E-state index < -0.39 is 27.2 Å². The van der Waals surface area contributed by atoms with E-state index in [1.807, 2.05) is 10.6 Å². The van der Waals surface area contributed by atoms with Gasteiger partial charge < -0.3 is 4.43 Å². The molecule has 4 aromatic rings. The summed E-state index contributed by atoms with van der Waals surface area (Å²) in [6.45, 7) is 9.45. The van der Waals surface area contributed by atoms with Gasteiger partial charge in [-0.25, -0.2) is 0 Å². The van der Waals surface area contributed by atoms with Crippen LogP contribution in [0.15, 0.2) is 78.9 Å². The van der Waals surface area contributed by atoms with Gasteiger partial charge in [-0.2, -0.15) is 23.1 Å². The zero-order chi connectivity index (χ0) is 22.0. The Balaban J connectivity index is 0.000000191. The van der Waals surface area contributed by atoms with Crippen LogP contribution in [0, 0.1) is 0 Å². The van der Waals surface area contributed by atoms with Gasteiger partial charge in [0.2, 0.25) is 0 Å². The van der Waals surface area contributed by atoms with Crippen molar-refractivity contribution in [3.63, 3.8) is 0 Å². The van der Waals surface area contributed by atoms with Crippen LogP contribution in [-0.2, 0) is 29.7 Å². The van der Waals surface area contributed by atoms with Crippen LogP contribution in [0.25, 0.3) is 21.5 Å². The Morgan fingerprint density at radius 2 is 1.57 bits per heavy atom. The quantitative estimate of drug-likeness (QED) is 0.188. The van der Waals surface area contributed by atoms with Crippen molar-refractivity contribution in [2.45, 2.75) is 33.0 Å². The molecule has 0 heterocycles. The molecule has 0 spiro atoms. The van der Waals surface area contributed by atoms with E-state index in [2.05, 4.69) is 98.5 Å². The summed E-state index contributed by atoms with van der Waals surface area (Å²) in [6, 6.07) is 27.6. The van der Waals surface area contributed by atoms with Gasteiger partial charge in [0.05, 0.1) is 0 Å². The first kappa shape index (κ1) is 25.4. The van der Waals surface area contributed by atoms with Crippen LogP contribution in [0.1, 0.15) is 12.5 Å². The molecule has 0 saturated carbocycles. The summed E-state index contributed by atoms with van der Waals surface area (Å²) in [7, 11) is 9.38. The van der Waals surface area contributed by atoms with Gasteiger partial charge in [0.1, 0.15) is 0 Å². The second-order valence-corrected chi connectivity index (χ2v) is 21.2. The minimum absolute atomic E-state index is 0.851. The van der Waals surface area contributed by atoms with E-state index in [0.717, 1.165) is 13.0 Å². The number of hydrogen-bond acceptors (Lipinski definition) is 1. The van der Waals surface area contributed by atoms with Gasteiger partial charge in [0.25, 0.3) is 0 Å². The summed E-state index contributed by atoms with van der Waals surface area (Å²) in [6.07, 6.45) is 1.03. The Morgan fingerprint density at radius 1 is 0.933 bits per heavy atom. The zero-order valence-electron chi connectivity index (χ0n) is 18.2. The van der Waals surface area contributed by atoms with Crippen molar-refractivity contribution in [1.29, 1.82) is 0 Å². The molecular weight excluding hydrogens is 506 g/mol. The molecule has 0 atom stereocenters. The average molecular weight is 537 g/mol. The van der Waals surface area contributed by atoms with Crippen LogP contribution >= 0.6 is 17.0 Å². The minimum Gasteiger partial charge on any atom is -0.418 e. The van der Waals surface area contributed by atoms with Crippen LogP contribution in [0.5, 0.6) is 0 Å². The average Bonchev–Trinajstić information content (AvgIpc) is 3.35. The van der Waals surface area contributed by atoms with E-state index in [0.29, 0.717) is 0 Å². The third kappa shape index (κ3) is 9.12. The van der Waals surface area contributed by atoms with Crippen molar-refractivity contribution in [3.05, 3.63) is 84.4 Å². The summed E-state index contributed by atoms with van der Waals surface area (Å²) in [5.74, 6) is 0. The van der Waals surface area contributed by atoms with Crippen molar-refractivity contribution in [2.75, 3.05) is 6.61 Å². The fourth-order valence-corrected chi connectivity index (χ4v) is 3.68. The second-order valence-electron chi connectivity index (χ2n) is 7.89. The Morgan fingerprint density at radius 3 is 2.20 bits per heavy atom. The fourth-order valence-electron chi connectivity index (χ4n) is 2.97. The molecule has 0 saturated heterocycles. The van der Waals surface area contributed by atoms with Crippen molar-refractivity contribution in [3.8, 4) is 0 Å². The molecule has 0 aliphatic carbocycles. The standard InChI is InChI=1S/C14H19OSi.C9H7.C2H4.2ClH.Zr/c1-16(2,3)15-11-10-13-9-8-12-6-4-5-7-14(12)13;1-2-5-9-7-3-6-8(9)4-1;1-2;;;/h4-9H,10-11H2,1-3H3;1-7H;1H,2H3;2*1H;/q2*-1;;;;+2/p-2. The molecule has 0 aliphatic rings. The predicted molar refractivity (Wildman–Crippen MR) is 136 cm³/mol. The SMILES string of the molecule is C[CH]=[Zr]([Cl])[Cl].C[Si](C)(C)OCCc1c[cH-]c2ccccc12.c1ccc2[cH-]ccc2c1. The Bertz CT molecular complexity index is 1030. The molecule has 0 amide bonds. The van der Waals surface area contributed by atoms with E-state index in [1.165, 1.54) is 27.1 Å². The number of rotatable bonds is 4. The molecule has 0 aliphatic heterocycles. The van der Waals surface area contributed by atoms with Gasteiger partial charge in [0, 0.05) is 6.61 Å². The van der Waals surface area contributed by atoms with Gasteiger partial charge in [0.15, 0.2) is 8.32 Å². The largest absolute Gasteiger partial charge is 0.418 e. The van der Waals surface area contributed by atoms with Gasteiger partial charge in [-0.05, 0) is 26.1 Å². The fraction of sp³-hybridized carbons (Fsp3) is 0.240. The second kappa shape index (κ2) is 12.9. The molecule has 1 nitrogen and oxygen atoms in total. The van der Waals surface area contributed by atoms with Crippen LogP contribution < -0.4 is 0 Å². The molecule has 0 unspecified atom stereocenters. The Kier molecular flexibility index (Phi) is 10.9. The molecule has 0 bridgehead atoms. The van der Waals surface area contributed by atoms with Crippen LogP contribution in [0.3, 0.4) is 0 Å². The molecule has 0 fully saturated rings. The van der Waals surface area contributed by atoms with E-state index in [4.69, 9.17) is 21.5 Å². The topological polar surface area (TPSA) is 9.23 Å². The van der Waals surface area contributed by atoms with Gasteiger partial charge in [-0.1, -0.05) is 12.1 Å². The Labute approximate surface area is 196 Å². The molecule has 0 radical (unpaired) electrons. The number of benzene rings is 2. The van der Waals surface area contributed by atoms with Crippen molar-refractivity contribution in [2.24, 2.45) is 0 Å². The molecule has 4 aromatic carbocycles. The Hall–Kier alpha value is -0.830. The zero-order valence-corrected chi connectivity index (χ0v) is 23.1. The molecule has 0 aromatic heterocycles. The molecule has 5 heteroatoms. The normalized spacial score (nSPS) is 10.7. The van der Waals surface area contributed by atoms with Gasteiger partial charge in [-0.15, -0.1) is 70.8 Å². The van der Waals surface area contributed by atoms with E-state index in [1.54, 1.807) is 0 Å². The summed E-state index contributed by atoms with van der Waals surface area (Å²) >= 11 is -1.76. The van der Waals surface area contributed by atoms with Gasteiger partial charge >= 0.3 is 46.5 Å². The summed E-state index contributed by atoms with van der Waals surface area (Å²) in [4.78, 5) is 0. The van der Waals surface area contributed by atoms with Crippen molar-refractivity contribution < 1.29 is 23.3 Å². The third-order valence-electron chi connectivity index (χ3n) is 4.44. The first-order valence-corrected chi connectivity index (χ1v) is 21.3. The number of fused-ring (bicyclic) bond motifs is 2. The van der Waals surface area contributed by atoms with E-state index in [9.17, 15) is 0 Å². The van der Waals surface area contributed by atoms with Gasteiger partial charge in [-0.3, -0.25) is 0 Å². The van der Waals surface area contributed by atoms with Crippen molar-refractivity contribution in [1.82, 2.24) is 0 Å². The molecule has 160 valence electrons. The van der Waals surface area contributed by atoms with Crippen LogP contribution in [0.4, 0.5) is 0 Å². The summed E-state index contributed by atoms with van der Waals surface area (Å²) in [5, 5.41) is 5.38. The maximum Gasteiger partial charge on any atom is 0.183 e. The number of halogens is 2. The van der Waals surface area contributed by atoms with E-state index >= 15 is 0 Å². The third-order valence-corrected chi connectivity index (χ3v) is 9.17. The van der Waals surface area contributed by atoms with E-state index in [-0.39, 0.29) is 0 Å². The number of hydrogen-bond donors (Lipinski definition) is 0. The molecule has 0 N–H and O–H groups in total. The molecular formula is C25H30Cl2OSiZr-2. The molecule has 30 heavy (non-hydrogen) atoms. The first-order chi connectivity index (χ1) is 14.3. The van der Waals surface area contributed by atoms with Crippen LogP contribution in [-0.4, -0.2) is 18.6 Å². The molecule has 4 rings (SSSR count). The van der Waals surface area contributed by atoms with Crippen molar-refractivity contribution >= 4 is 50.6 Å². The predicted octanol–water partition coefficient (Wildman–Crippen LogP) is 8.25. The summed E-state index contributed by atoms with van der Waals surface area (Å²) < 4.78 is 7.78. The maximum absolute atomic E-state index is 5.89.